The largest absolute Gasteiger partial charge is 0.490 e. The number of benzene rings is 1. The zero-order valence-corrected chi connectivity index (χ0v) is 18.6. The molecule has 7 heteroatoms. The molecule has 1 saturated heterocycles. The minimum absolute atomic E-state index is 0.0502. The highest BCUT2D eigenvalue weighted by Crippen LogP contribution is 2.33. The van der Waals surface area contributed by atoms with Gasteiger partial charge < -0.3 is 24.4 Å². The van der Waals surface area contributed by atoms with E-state index in [-0.39, 0.29) is 24.7 Å². The summed E-state index contributed by atoms with van der Waals surface area (Å²) in [4.78, 5) is 26.8. The van der Waals surface area contributed by atoms with Gasteiger partial charge in [0, 0.05) is 44.9 Å². The van der Waals surface area contributed by atoms with Crippen molar-refractivity contribution in [1.29, 1.82) is 0 Å². The number of fused-ring (bicyclic) bond motifs is 1. The number of ether oxygens (including phenoxy) is 2. The van der Waals surface area contributed by atoms with Crippen LogP contribution in [0, 0.1) is 5.92 Å². The second-order valence-electron chi connectivity index (χ2n) is 8.84. The quantitative estimate of drug-likeness (QED) is 0.672. The fourth-order valence-corrected chi connectivity index (χ4v) is 4.50. The summed E-state index contributed by atoms with van der Waals surface area (Å²) < 4.78 is 11.3. The van der Waals surface area contributed by atoms with Crippen LogP contribution >= 0.6 is 0 Å². The van der Waals surface area contributed by atoms with E-state index in [2.05, 4.69) is 32.6 Å². The Balaban J connectivity index is 1.64. The normalized spacial score (nSPS) is 19.5. The van der Waals surface area contributed by atoms with Crippen LogP contribution in [0.1, 0.15) is 50.2 Å². The minimum Gasteiger partial charge on any atom is -0.490 e. The summed E-state index contributed by atoms with van der Waals surface area (Å²) >= 11 is 0. The number of carbonyl (C=O) groups excluding carboxylic acids is 1. The molecule has 7 nitrogen and oxygen atoms in total. The molecule has 1 unspecified atom stereocenters. The number of hydrogen-bond donors (Lipinski definition) is 1. The second-order valence-corrected chi connectivity index (χ2v) is 8.84. The third-order valence-electron chi connectivity index (χ3n) is 6.00. The van der Waals surface area contributed by atoms with Gasteiger partial charge in [-0.25, -0.2) is 9.59 Å². The Labute approximate surface area is 184 Å². The van der Waals surface area contributed by atoms with E-state index in [1.54, 1.807) is 11.0 Å². The van der Waals surface area contributed by atoms with Crippen molar-refractivity contribution in [2.75, 3.05) is 32.8 Å². The van der Waals surface area contributed by atoms with Gasteiger partial charge in [0.2, 0.25) is 0 Å². The van der Waals surface area contributed by atoms with Gasteiger partial charge in [0.1, 0.15) is 18.5 Å². The molecule has 170 valence electrons. The van der Waals surface area contributed by atoms with Crippen molar-refractivity contribution in [3.8, 4) is 5.75 Å². The SMILES string of the molecule is C=CCOC(=O)N1CCC(Oc2ccc3c(c2)CCN(C(=O)O)CC3CC(C)C)CC1. The van der Waals surface area contributed by atoms with Gasteiger partial charge in [-0.1, -0.05) is 32.6 Å². The van der Waals surface area contributed by atoms with E-state index in [0.717, 1.165) is 25.0 Å². The van der Waals surface area contributed by atoms with Gasteiger partial charge in [-0.05, 0) is 42.0 Å². The third-order valence-corrected chi connectivity index (χ3v) is 6.00. The second kappa shape index (κ2) is 10.6. The Morgan fingerprint density at radius 1 is 1.23 bits per heavy atom. The predicted molar refractivity (Wildman–Crippen MR) is 119 cm³/mol. The Morgan fingerprint density at radius 2 is 1.97 bits per heavy atom. The maximum absolute atomic E-state index is 12.0. The van der Waals surface area contributed by atoms with Crippen molar-refractivity contribution in [2.45, 2.75) is 51.6 Å². The first-order valence-electron chi connectivity index (χ1n) is 11.2. The van der Waals surface area contributed by atoms with Crippen LogP contribution in [0.2, 0.25) is 0 Å². The molecule has 1 fully saturated rings. The van der Waals surface area contributed by atoms with Crippen LogP contribution in [0.25, 0.3) is 0 Å². The number of rotatable bonds is 6. The first-order valence-corrected chi connectivity index (χ1v) is 11.2. The van der Waals surface area contributed by atoms with Crippen LogP contribution in [0.3, 0.4) is 0 Å². The maximum atomic E-state index is 12.0. The van der Waals surface area contributed by atoms with Crippen LogP contribution in [0.15, 0.2) is 30.9 Å². The van der Waals surface area contributed by atoms with E-state index >= 15 is 0 Å². The van der Waals surface area contributed by atoms with E-state index < -0.39 is 6.09 Å². The molecule has 1 atom stereocenters. The standard InChI is InChI=1S/C24H34N2O5/c1-4-13-30-24(29)25-11-8-20(9-12-25)31-21-5-6-22-18(15-21)7-10-26(23(27)28)16-19(22)14-17(2)3/h4-6,15,17,19-20H,1,7-14,16H2,2-3H3,(H,27,28). The van der Waals surface area contributed by atoms with Crippen molar-refractivity contribution in [3.63, 3.8) is 0 Å². The molecule has 0 radical (unpaired) electrons. The molecule has 0 saturated carbocycles. The Bertz CT molecular complexity index is 786. The van der Waals surface area contributed by atoms with Crippen molar-refractivity contribution in [1.82, 2.24) is 9.80 Å². The van der Waals surface area contributed by atoms with Crippen LogP contribution in [-0.2, 0) is 11.2 Å². The summed E-state index contributed by atoms with van der Waals surface area (Å²) in [6.45, 7) is 10.4. The molecular weight excluding hydrogens is 396 g/mol. The van der Waals surface area contributed by atoms with Crippen LogP contribution < -0.4 is 4.74 Å². The molecule has 1 aromatic rings. The lowest BCUT2D eigenvalue weighted by Gasteiger charge is -2.31. The van der Waals surface area contributed by atoms with Gasteiger partial charge in [-0.15, -0.1) is 0 Å². The number of amides is 2. The molecule has 0 bridgehead atoms. The number of carbonyl (C=O) groups is 2. The van der Waals surface area contributed by atoms with Crippen molar-refractivity contribution in [3.05, 3.63) is 42.0 Å². The lowest BCUT2D eigenvalue weighted by molar-refractivity contribution is 0.0731. The monoisotopic (exact) mass is 430 g/mol. The molecule has 31 heavy (non-hydrogen) atoms. The van der Waals surface area contributed by atoms with E-state index in [9.17, 15) is 14.7 Å². The van der Waals surface area contributed by atoms with Gasteiger partial charge in [0.15, 0.2) is 0 Å². The van der Waals surface area contributed by atoms with Gasteiger partial charge in [0.05, 0.1) is 0 Å². The van der Waals surface area contributed by atoms with E-state index in [1.165, 1.54) is 16.0 Å². The van der Waals surface area contributed by atoms with Gasteiger partial charge in [0.25, 0.3) is 0 Å². The number of likely N-dealkylation sites (tertiary alicyclic amines) is 1. The molecule has 3 rings (SSSR count). The highest BCUT2D eigenvalue weighted by Gasteiger charge is 2.28. The van der Waals surface area contributed by atoms with Crippen LogP contribution in [-0.4, -0.2) is 66.0 Å². The van der Waals surface area contributed by atoms with Crippen LogP contribution in [0.5, 0.6) is 5.75 Å². The average Bonchev–Trinajstić information content (AvgIpc) is 2.91. The summed E-state index contributed by atoms with van der Waals surface area (Å²) in [6.07, 6.45) is 3.62. The highest BCUT2D eigenvalue weighted by molar-refractivity contribution is 5.67. The molecule has 2 amide bonds. The molecule has 0 aromatic heterocycles. The van der Waals surface area contributed by atoms with Gasteiger partial charge >= 0.3 is 12.2 Å². The van der Waals surface area contributed by atoms with Crippen molar-refractivity contribution < 1.29 is 24.2 Å². The molecule has 2 heterocycles. The zero-order chi connectivity index (χ0) is 22.4. The number of hydrogen-bond acceptors (Lipinski definition) is 4. The predicted octanol–water partition coefficient (Wildman–Crippen LogP) is 4.52. The number of nitrogens with zero attached hydrogens (tertiary/aromatic N) is 2. The Hall–Kier alpha value is -2.70. The summed E-state index contributed by atoms with van der Waals surface area (Å²) in [5.74, 6) is 1.51. The third kappa shape index (κ3) is 6.15. The summed E-state index contributed by atoms with van der Waals surface area (Å²) in [7, 11) is 0. The molecule has 0 spiro atoms. The summed E-state index contributed by atoms with van der Waals surface area (Å²) in [5.41, 5.74) is 2.42. The molecule has 1 N–H and O–H groups in total. The fourth-order valence-electron chi connectivity index (χ4n) is 4.50. The Kier molecular flexibility index (Phi) is 7.82. The van der Waals surface area contributed by atoms with E-state index in [4.69, 9.17) is 9.47 Å². The summed E-state index contributed by atoms with van der Waals surface area (Å²) in [6, 6.07) is 6.21. The number of piperidine rings is 1. The fraction of sp³-hybridized carbons (Fsp3) is 0.583. The molecule has 2 aliphatic heterocycles. The van der Waals surface area contributed by atoms with Crippen molar-refractivity contribution >= 4 is 12.2 Å². The molecule has 1 aromatic carbocycles. The Morgan fingerprint density at radius 3 is 2.61 bits per heavy atom. The van der Waals surface area contributed by atoms with Gasteiger partial charge in [-0.3, -0.25) is 0 Å². The molecule has 2 aliphatic rings. The smallest absolute Gasteiger partial charge is 0.410 e. The molecule has 0 aliphatic carbocycles. The van der Waals surface area contributed by atoms with E-state index in [1.807, 2.05) is 6.07 Å². The van der Waals surface area contributed by atoms with E-state index in [0.29, 0.717) is 38.5 Å². The highest BCUT2D eigenvalue weighted by atomic mass is 16.6. The lowest BCUT2D eigenvalue weighted by Crippen LogP contribution is -2.42. The minimum atomic E-state index is -0.851. The van der Waals surface area contributed by atoms with Crippen LogP contribution in [0.4, 0.5) is 9.59 Å². The van der Waals surface area contributed by atoms with Gasteiger partial charge in [-0.2, -0.15) is 0 Å². The topological polar surface area (TPSA) is 79.3 Å². The summed E-state index contributed by atoms with van der Waals surface area (Å²) in [5, 5.41) is 9.53. The lowest BCUT2D eigenvalue weighted by atomic mass is 9.87. The zero-order valence-electron chi connectivity index (χ0n) is 18.6. The maximum Gasteiger partial charge on any atom is 0.410 e. The first kappa shape index (κ1) is 23.0. The first-order chi connectivity index (χ1) is 14.9. The number of carboxylic acid groups (broad SMARTS) is 1. The van der Waals surface area contributed by atoms with Crippen molar-refractivity contribution in [2.24, 2.45) is 5.92 Å². The average molecular weight is 431 g/mol. The molecular formula is C24H34N2O5.